The van der Waals surface area contributed by atoms with Crippen molar-refractivity contribution < 1.29 is 14.3 Å². The van der Waals surface area contributed by atoms with Crippen LogP contribution in [0.1, 0.15) is 70.4 Å². The number of benzene rings is 2. The van der Waals surface area contributed by atoms with Gasteiger partial charge < -0.3 is 14.2 Å². The van der Waals surface area contributed by atoms with E-state index in [1.54, 1.807) is 7.11 Å². The normalized spacial score (nSPS) is 20.6. The summed E-state index contributed by atoms with van der Waals surface area (Å²) in [5.74, 6) is -0.0628. The second kappa shape index (κ2) is 10.3. The lowest BCUT2D eigenvalue weighted by Crippen LogP contribution is -2.45. The molecule has 0 fully saturated rings. The molecule has 41 heavy (non-hydrogen) atoms. The van der Waals surface area contributed by atoms with Crippen molar-refractivity contribution in [3.05, 3.63) is 93.4 Å². The van der Waals surface area contributed by atoms with Crippen molar-refractivity contribution in [2.75, 3.05) is 20.3 Å². The Hall–Kier alpha value is -3.15. The van der Waals surface area contributed by atoms with Gasteiger partial charge in [0, 0.05) is 83.6 Å². The van der Waals surface area contributed by atoms with Crippen molar-refractivity contribution in [3.8, 4) is 0 Å². The van der Waals surface area contributed by atoms with E-state index in [4.69, 9.17) is 16.3 Å². The van der Waals surface area contributed by atoms with Gasteiger partial charge in [0.25, 0.3) is 0 Å². The molecule has 0 spiro atoms. The molecule has 6 rings (SSSR count). The molecule has 0 saturated carbocycles. The fraction of sp³-hybridized carbons (Fsp3) is 0.429. The third-order valence-corrected chi connectivity index (χ3v) is 9.19. The Labute approximate surface area is 247 Å². The Morgan fingerprint density at radius 3 is 2.02 bits per heavy atom. The molecule has 0 atom stereocenters. The monoisotopic (exact) mass is 570 g/mol. The summed E-state index contributed by atoms with van der Waals surface area (Å²) in [4.78, 5) is 30.6. The molecule has 1 aromatic heterocycles. The summed E-state index contributed by atoms with van der Waals surface area (Å²) >= 11 is 6.16. The molecule has 0 saturated heterocycles. The van der Waals surface area contributed by atoms with Gasteiger partial charge in [0.1, 0.15) is 0 Å². The zero-order valence-corrected chi connectivity index (χ0v) is 25.5. The summed E-state index contributed by atoms with van der Waals surface area (Å²) in [5.41, 5.74) is 6.74. The van der Waals surface area contributed by atoms with E-state index >= 15 is 0 Å². The number of methoxy groups -OCH3 is 1. The Balaban J connectivity index is 1.59. The number of rotatable bonds is 6. The molecule has 3 aromatic rings. The maximum absolute atomic E-state index is 14.2. The Kier molecular flexibility index (Phi) is 7.02. The molecule has 5 nitrogen and oxygen atoms in total. The van der Waals surface area contributed by atoms with E-state index in [1.165, 1.54) is 0 Å². The van der Waals surface area contributed by atoms with Crippen LogP contribution in [0.2, 0.25) is 5.02 Å². The second-order valence-corrected chi connectivity index (χ2v) is 14.0. The molecule has 0 N–H and O–H groups in total. The summed E-state index contributed by atoms with van der Waals surface area (Å²) in [6.07, 6.45) is 4.73. The number of halogens is 1. The fourth-order valence-corrected chi connectivity index (χ4v) is 7.36. The standard InChI is InChI=1S/C35H39ClN2O3/c1-34(2)16-27-32(29(39)18-34)31(33-28(38(27)14-15-41-5)17-35(3,4)19-30(33)40)25-21-37(26-9-7-6-8-24(25)26)20-22-10-12-23(36)13-11-22/h6-13,21,31H,14-20H2,1-5H3. The highest BCUT2D eigenvalue weighted by Gasteiger charge is 2.49. The third kappa shape index (κ3) is 5.08. The van der Waals surface area contributed by atoms with Crippen molar-refractivity contribution in [2.45, 2.75) is 65.8 Å². The van der Waals surface area contributed by atoms with Gasteiger partial charge in [-0.3, -0.25) is 9.59 Å². The fourth-order valence-electron chi connectivity index (χ4n) is 7.23. The summed E-state index contributed by atoms with van der Waals surface area (Å²) in [6.45, 7) is 10.5. The van der Waals surface area contributed by atoms with Gasteiger partial charge in [0.15, 0.2) is 11.6 Å². The minimum Gasteiger partial charge on any atom is -0.383 e. The van der Waals surface area contributed by atoms with Crippen LogP contribution in [0, 0.1) is 10.8 Å². The third-order valence-electron chi connectivity index (χ3n) is 8.94. The number of allylic oxidation sites excluding steroid dienone is 4. The Bertz CT molecular complexity index is 1550. The first kappa shape index (κ1) is 28.0. The van der Waals surface area contributed by atoms with Crippen molar-refractivity contribution in [3.63, 3.8) is 0 Å². The molecule has 0 bridgehead atoms. The van der Waals surface area contributed by atoms with Crippen molar-refractivity contribution in [2.24, 2.45) is 10.8 Å². The molecular formula is C35H39ClN2O3. The largest absolute Gasteiger partial charge is 0.383 e. The van der Waals surface area contributed by atoms with Crippen molar-refractivity contribution in [1.82, 2.24) is 9.47 Å². The second-order valence-electron chi connectivity index (χ2n) is 13.5. The lowest BCUT2D eigenvalue weighted by molar-refractivity contribution is -0.119. The number of aromatic nitrogens is 1. The van der Waals surface area contributed by atoms with Crippen LogP contribution in [-0.4, -0.2) is 41.3 Å². The van der Waals surface area contributed by atoms with Gasteiger partial charge in [-0.2, -0.15) is 0 Å². The molecule has 214 valence electrons. The number of ketones is 2. The number of Topliss-reactive ketones (excluding diaryl/α,β-unsaturated/α-hetero) is 2. The van der Waals surface area contributed by atoms with Gasteiger partial charge in [0.05, 0.1) is 6.61 Å². The van der Waals surface area contributed by atoms with Crippen LogP contribution in [0.15, 0.2) is 77.3 Å². The van der Waals surface area contributed by atoms with Crippen LogP contribution >= 0.6 is 11.6 Å². The minimum atomic E-state index is -0.373. The van der Waals surface area contributed by atoms with Crippen LogP contribution in [0.25, 0.3) is 10.9 Å². The molecule has 1 aliphatic heterocycles. The van der Waals surface area contributed by atoms with Crippen LogP contribution in [0.4, 0.5) is 0 Å². The van der Waals surface area contributed by atoms with E-state index in [1.807, 2.05) is 30.3 Å². The summed E-state index contributed by atoms with van der Waals surface area (Å²) < 4.78 is 7.78. The number of ether oxygens (including phenoxy) is 1. The summed E-state index contributed by atoms with van der Waals surface area (Å²) in [7, 11) is 1.71. The van der Waals surface area contributed by atoms with Crippen molar-refractivity contribution >= 4 is 34.1 Å². The first-order valence-electron chi connectivity index (χ1n) is 14.6. The number of carbonyl (C=O) groups is 2. The Morgan fingerprint density at radius 1 is 0.854 bits per heavy atom. The van der Waals surface area contributed by atoms with E-state index in [0.717, 1.165) is 57.4 Å². The van der Waals surface area contributed by atoms with Gasteiger partial charge in [0.2, 0.25) is 0 Å². The maximum atomic E-state index is 14.2. The van der Waals surface area contributed by atoms with Gasteiger partial charge >= 0.3 is 0 Å². The van der Waals surface area contributed by atoms with Crippen LogP contribution in [0.3, 0.4) is 0 Å². The summed E-state index contributed by atoms with van der Waals surface area (Å²) in [6, 6.07) is 16.3. The van der Waals surface area contributed by atoms with Crippen LogP contribution in [-0.2, 0) is 20.9 Å². The highest BCUT2D eigenvalue weighted by Crippen LogP contribution is 2.55. The SMILES string of the molecule is COCCN1C2=C(C(=O)CC(C)(C)C2)C(c2cn(Cc3ccc(Cl)cc3)c3ccccc23)C2=C1CC(C)(C)CC2=O. The molecule has 2 aromatic carbocycles. The van der Waals surface area contributed by atoms with E-state index in [9.17, 15) is 9.59 Å². The van der Waals surface area contributed by atoms with Gasteiger partial charge in [-0.25, -0.2) is 0 Å². The number of para-hydroxylation sites is 1. The molecule has 6 heteroatoms. The van der Waals surface area contributed by atoms with Crippen LogP contribution in [0.5, 0.6) is 0 Å². The quantitative estimate of drug-likeness (QED) is 0.305. The average Bonchev–Trinajstić information content (AvgIpc) is 3.25. The zero-order chi connectivity index (χ0) is 29.1. The predicted molar refractivity (Wildman–Crippen MR) is 164 cm³/mol. The minimum absolute atomic E-state index is 0.152. The number of carbonyl (C=O) groups excluding carboxylic acids is 2. The molecule has 2 heterocycles. The van der Waals surface area contributed by atoms with E-state index in [-0.39, 0.29) is 28.3 Å². The number of fused-ring (bicyclic) bond motifs is 1. The lowest BCUT2D eigenvalue weighted by Gasteiger charge is -2.49. The molecular weight excluding hydrogens is 532 g/mol. The first-order valence-corrected chi connectivity index (χ1v) is 15.0. The van der Waals surface area contributed by atoms with Gasteiger partial charge in [-0.15, -0.1) is 0 Å². The number of hydrogen-bond donors (Lipinski definition) is 0. The number of nitrogens with zero attached hydrogens (tertiary/aromatic N) is 2. The molecule has 0 amide bonds. The molecule has 2 aliphatic carbocycles. The highest BCUT2D eigenvalue weighted by molar-refractivity contribution is 6.30. The predicted octanol–water partition coefficient (Wildman–Crippen LogP) is 7.68. The maximum Gasteiger partial charge on any atom is 0.162 e. The van der Waals surface area contributed by atoms with E-state index in [0.29, 0.717) is 37.6 Å². The van der Waals surface area contributed by atoms with Crippen LogP contribution < -0.4 is 0 Å². The lowest BCUT2D eigenvalue weighted by atomic mass is 9.63. The van der Waals surface area contributed by atoms with Gasteiger partial charge in [-0.1, -0.05) is 69.6 Å². The molecule has 3 aliphatic rings. The van der Waals surface area contributed by atoms with Crippen molar-refractivity contribution in [1.29, 1.82) is 0 Å². The van der Waals surface area contributed by atoms with E-state index in [2.05, 4.69) is 61.6 Å². The zero-order valence-electron chi connectivity index (χ0n) is 24.7. The summed E-state index contributed by atoms with van der Waals surface area (Å²) in [5, 5.41) is 1.80. The molecule has 0 radical (unpaired) electrons. The average molecular weight is 571 g/mol. The first-order chi connectivity index (χ1) is 19.5. The smallest absolute Gasteiger partial charge is 0.162 e. The van der Waals surface area contributed by atoms with E-state index < -0.39 is 0 Å². The Morgan fingerprint density at radius 2 is 1.44 bits per heavy atom. The van der Waals surface area contributed by atoms with Gasteiger partial charge in [-0.05, 0) is 53.0 Å². The topological polar surface area (TPSA) is 51.5 Å². The highest BCUT2D eigenvalue weighted by atomic mass is 35.5. The molecule has 0 unspecified atom stereocenters. The number of hydrogen-bond acceptors (Lipinski definition) is 4.